The van der Waals surface area contributed by atoms with Crippen molar-refractivity contribution in [3.63, 3.8) is 0 Å². The van der Waals surface area contributed by atoms with Gasteiger partial charge in [0.2, 0.25) is 0 Å². The molecule has 0 amide bonds. The fourth-order valence-corrected chi connectivity index (χ4v) is 1.69. The molecule has 0 N–H and O–H groups in total. The van der Waals surface area contributed by atoms with Crippen molar-refractivity contribution in [2.24, 2.45) is 0 Å². The molecule has 0 bridgehead atoms. The molecule has 0 fully saturated rings. The van der Waals surface area contributed by atoms with Crippen molar-refractivity contribution in [3.05, 3.63) is 29.4 Å². The van der Waals surface area contributed by atoms with Gasteiger partial charge < -0.3 is 0 Å². The van der Waals surface area contributed by atoms with E-state index in [1.807, 2.05) is 6.07 Å². The van der Waals surface area contributed by atoms with Crippen LogP contribution in [-0.4, -0.2) is 25.6 Å². The molecule has 2 heterocycles. The molecule has 0 aliphatic heterocycles. The van der Waals surface area contributed by atoms with Crippen molar-refractivity contribution in [1.82, 2.24) is 25.6 Å². The molecular formula is C9H4ClN5. The molecule has 0 saturated carbocycles. The number of benzene rings is 1. The number of nitrogens with zero attached hydrogens (tertiary/aromatic N) is 5. The molecule has 3 aromatic rings. The lowest BCUT2D eigenvalue weighted by Gasteiger charge is -1.93. The van der Waals surface area contributed by atoms with Crippen molar-refractivity contribution in [2.75, 3.05) is 0 Å². The molecule has 72 valence electrons. The third-order valence-corrected chi connectivity index (χ3v) is 2.39. The minimum atomic E-state index is 0.524. The van der Waals surface area contributed by atoms with Gasteiger partial charge in [-0.2, -0.15) is 5.10 Å². The maximum atomic E-state index is 6.03. The fourth-order valence-electron chi connectivity index (χ4n) is 1.45. The van der Waals surface area contributed by atoms with Crippen LogP contribution in [-0.2, 0) is 0 Å². The number of aromatic nitrogens is 5. The smallest absolute Gasteiger partial charge is 0.145 e. The van der Waals surface area contributed by atoms with Gasteiger partial charge in [0.25, 0.3) is 0 Å². The normalized spacial score (nSPS) is 11.0. The van der Waals surface area contributed by atoms with Crippen molar-refractivity contribution in [1.29, 1.82) is 0 Å². The Kier molecular flexibility index (Phi) is 1.72. The summed E-state index contributed by atoms with van der Waals surface area (Å²) in [6, 6.07) is 5.45. The zero-order valence-corrected chi connectivity index (χ0v) is 8.18. The number of hydrogen-bond donors (Lipinski definition) is 0. The minimum absolute atomic E-state index is 0.524. The Morgan fingerprint density at radius 2 is 1.87 bits per heavy atom. The SMILES string of the molecule is Clc1cc2cccnnc2c2nnnc12. The molecule has 6 heteroatoms. The highest BCUT2D eigenvalue weighted by molar-refractivity contribution is 6.36. The molecule has 0 saturated heterocycles. The van der Waals surface area contributed by atoms with E-state index >= 15 is 0 Å². The maximum absolute atomic E-state index is 6.03. The van der Waals surface area contributed by atoms with Crippen LogP contribution in [0.2, 0.25) is 5.02 Å². The average Bonchev–Trinajstić information content (AvgIpc) is 2.60. The van der Waals surface area contributed by atoms with E-state index in [2.05, 4.69) is 25.6 Å². The third kappa shape index (κ3) is 1.20. The van der Waals surface area contributed by atoms with E-state index in [-0.39, 0.29) is 0 Å². The predicted molar refractivity (Wildman–Crippen MR) is 55.4 cm³/mol. The topological polar surface area (TPSA) is 64.5 Å². The Morgan fingerprint density at radius 3 is 2.80 bits per heavy atom. The van der Waals surface area contributed by atoms with E-state index in [1.165, 1.54) is 0 Å². The molecule has 2 aromatic heterocycles. The Labute approximate surface area is 89.1 Å². The molecular weight excluding hydrogens is 214 g/mol. The standard InChI is InChI=1S/C9H4ClN5/c10-6-4-5-2-1-3-11-12-7(5)9-8(6)13-15-14-9/h1-4H. The van der Waals surface area contributed by atoms with Crippen LogP contribution in [0.5, 0.6) is 0 Å². The summed E-state index contributed by atoms with van der Waals surface area (Å²) in [5.41, 5.74) is 1.80. The second-order valence-electron chi connectivity index (χ2n) is 3.01. The van der Waals surface area contributed by atoms with E-state index < -0.39 is 0 Å². The van der Waals surface area contributed by atoms with Gasteiger partial charge in [0, 0.05) is 11.6 Å². The molecule has 0 atom stereocenters. The molecule has 0 spiro atoms. The van der Waals surface area contributed by atoms with Crippen molar-refractivity contribution >= 4 is 33.5 Å². The van der Waals surface area contributed by atoms with Gasteiger partial charge in [0.1, 0.15) is 16.6 Å². The van der Waals surface area contributed by atoms with Crippen LogP contribution in [0.1, 0.15) is 0 Å². The lowest BCUT2D eigenvalue weighted by atomic mass is 10.2. The third-order valence-electron chi connectivity index (χ3n) is 2.11. The molecule has 0 aliphatic rings. The summed E-state index contributed by atoms with van der Waals surface area (Å²) < 4.78 is 0. The Morgan fingerprint density at radius 1 is 1.00 bits per heavy atom. The van der Waals surface area contributed by atoms with E-state index in [4.69, 9.17) is 11.6 Å². The van der Waals surface area contributed by atoms with Crippen LogP contribution >= 0.6 is 11.6 Å². The van der Waals surface area contributed by atoms with Crippen LogP contribution in [0.25, 0.3) is 21.9 Å². The van der Waals surface area contributed by atoms with Gasteiger partial charge in [0.15, 0.2) is 0 Å². The summed E-state index contributed by atoms with van der Waals surface area (Å²) in [7, 11) is 0. The van der Waals surface area contributed by atoms with Crippen LogP contribution < -0.4 is 0 Å². The molecule has 3 rings (SSSR count). The van der Waals surface area contributed by atoms with Gasteiger partial charge in [-0.25, -0.2) is 0 Å². The van der Waals surface area contributed by atoms with Crippen LogP contribution in [0, 0.1) is 0 Å². The summed E-state index contributed by atoms with van der Waals surface area (Å²) in [5, 5.41) is 20.6. The minimum Gasteiger partial charge on any atom is -0.158 e. The fraction of sp³-hybridized carbons (Fsp3) is 0. The number of fused-ring (bicyclic) bond motifs is 3. The zero-order valence-electron chi connectivity index (χ0n) is 7.42. The Balaban J connectivity index is 2.66. The lowest BCUT2D eigenvalue weighted by molar-refractivity contribution is 0.959. The zero-order chi connectivity index (χ0) is 10.3. The summed E-state index contributed by atoms with van der Waals surface area (Å²) in [4.78, 5) is 0. The van der Waals surface area contributed by atoms with Crippen molar-refractivity contribution in [2.45, 2.75) is 0 Å². The number of hydrogen-bond acceptors (Lipinski definition) is 5. The second kappa shape index (κ2) is 3.06. The highest BCUT2D eigenvalue weighted by Gasteiger charge is 2.09. The first kappa shape index (κ1) is 8.43. The molecule has 1 aromatic carbocycles. The van der Waals surface area contributed by atoms with Gasteiger partial charge in [-0.15, -0.1) is 15.3 Å². The number of halogens is 1. The first-order valence-electron chi connectivity index (χ1n) is 4.25. The molecule has 5 nitrogen and oxygen atoms in total. The summed E-state index contributed by atoms with van der Waals surface area (Å²) in [6.07, 6.45) is 1.60. The number of rotatable bonds is 0. The van der Waals surface area contributed by atoms with Crippen LogP contribution in [0.4, 0.5) is 0 Å². The Hall–Kier alpha value is -1.88. The quantitative estimate of drug-likeness (QED) is 0.573. The summed E-state index contributed by atoms with van der Waals surface area (Å²) in [6.45, 7) is 0. The highest BCUT2D eigenvalue weighted by atomic mass is 35.5. The van der Waals surface area contributed by atoms with E-state index in [0.717, 1.165) is 5.39 Å². The predicted octanol–water partition coefficient (Wildman–Crippen LogP) is 1.62. The van der Waals surface area contributed by atoms with Crippen LogP contribution in [0.15, 0.2) is 24.4 Å². The second-order valence-corrected chi connectivity index (χ2v) is 3.41. The van der Waals surface area contributed by atoms with Crippen molar-refractivity contribution in [3.8, 4) is 0 Å². The van der Waals surface area contributed by atoms with Crippen molar-refractivity contribution < 1.29 is 0 Å². The Bertz CT molecular complexity index is 654. The molecule has 0 radical (unpaired) electrons. The largest absolute Gasteiger partial charge is 0.158 e. The molecule has 15 heavy (non-hydrogen) atoms. The monoisotopic (exact) mass is 217 g/mol. The van der Waals surface area contributed by atoms with Crippen LogP contribution in [0.3, 0.4) is 0 Å². The van der Waals surface area contributed by atoms with Gasteiger partial charge in [-0.3, -0.25) is 0 Å². The maximum Gasteiger partial charge on any atom is 0.145 e. The van der Waals surface area contributed by atoms with Gasteiger partial charge >= 0.3 is 0 Å². The first-order valence-corrected chi connectivity index (χ1v) is 4.63. The summed E-state index contributed by atoms with van der Waals surface area (Å²) >= 11 is 6.03. The van der Waals surface area contributed by atoms with E-state index in [1.54, 1.807) is 18.3 Å². The molecule has 0 aliphatic carbocycles. The average molecular weight is 218 g/mol. The molecule has 0 unspecified atom stereocenters. The van der Waals surface area contributed by atoms with Gasteiger partial charge in [-0.1, -0.05) is 17.7 Å². The van der Waals surface area contributed by atoms with Gasteiger partial charge in [-0.05, 0) is 17.3 Å². The van der Waals surface area contributed by atoms with Gasteiger partial charge in [0.05, 0.1) is 5.02 Å². The lowest BCUT2D eigenvalue weighted by Crippen LogP contribution is -1.80. The van der Waals surface area contributed by atoms with E-state index in [9.17, 15) is 0 Å². The first-order chi connectivity index (χ1) is 7.36. The summed E-state index contributed by atoms with van der Waals surface area (Å²) in [5.74, 6) is 0. The highest BCUT2D eigenvalue weighted by Crippen LogP contribution is 2.26. The van der Waals surface area contributed by atoms with E-state index in [0.29, 0.717) is 21.6 Å².